The van der Waals surface area contributed by atoms with Crippen molar-refractivity contribution in [2.24, 2.45) is 0 Å². The van der Waals surface area contributed by atoms with E-state index in [0.29, 0.717) is 50.0 Å². The molecule has 0 saturated carbocycles. The van der Waals surface area contributed by atoms with E-state index in [1.54, 1.807) is 24.5 Å². The van der Waals surface area contributed by atoms with Gasteiger partial charge in [-0.2, -0.15) is 0 Å². The lowest BCUT2D eigenvalue weighted by molar-refractivity contribution is 0.487. The zero-order valence-corrected chi connectivity index (χ0v) is 17.2. The highest BCUT2D eigenvalue weighted by Gasteiger charge is 2.21. The molecule has 1 unspecified atom stereocenters. The summed E-state index contributed by atoms with van der Waals surface area (Å²) in [6, 6.07) is 12.4. The molecule has 5 aromatic rings. The number of aromatic nitrogens is 6. The lowest BCUT2D eigenvalue weighted by Crippen LogP contribution is -2.13. The molecule has 2 N–H and O–H groups in total. The Kier molecular flexibility index (Phi) is 4.91. The van der Waals surface area contributed by atoms with Crippen molar-refractivity contribution >= 4 is 39.6 Å². The van der Waals surface area contributed by atoms with Crippen molar-refractivity contribution < 1.29 is 4.39 Å². The van der Waals surface area contributed by atoms with Crippen LogP contribution in [0.2, 0.25) is 5.02 Å². The maximum atomic E-state index is 13.6. The molecule has 3 heterocycles. The van der Waals surface area contributed by atoms with E-state index in [0.717, 1.165) is 5.56 Å². The molecule has 0 saturated heterocycles. The van der Waals surface area contributed by atoms with Crippen molar-refractivity contribution in [3.8, 4) is 11.3 Å². The van der Waals surface area contributed by atoms with Gasteiger partial charge in [-0.1, -0.05) is 41.9 Å². The molecule has 0 fully saturated rings. The lowest BCUT2D eigenvalue weighted by Gasteiger charge is -2.19. The van der Waals surface area contributed by atoms with Gasteiger partial charge in [0.15, 0.2) is 11.5 Å². The number of halogens is 2. The number of hydrogen-bond acceptors (Lipinski definition) is 6. The monoisotopic (exact) mass is 433 g/mol. The van der Waals surface area contributed by atoms with Crippen LogP contribution in [-0.2, 0) is 6.67 Å². The Morgan fingerprint density at radius 1 is 1.06 bits per heavy atom. The van der Waals surface area contributed by atoms with Crippen LogP contribution in [0.5, 0.6) is 0 Å². The molecule has 0 amide bonds. The van der Waals surface area contributed by atoms with Gasteiger partial charge in [0.25, 0.3) is 0 Å². The number of H-pyrrole nitrogens is 1. The number of para-hydroxylation sites is 1. The van der Waals surface area contributed by atoms with Crippen LogP contribution >= 0.6 is 11.6 Å². The summed E-state index contributed by atoms with van der Waals surface area (Å²) < 4.78 is 13.6. The van der Waals surface area contributed by atoms with Crippen molar-refractivity contribution in [2.75, 3.05) is 5.32 Å². The molecule has 0 radical (unpaired) electrons. The number of alkyl halides is 1. The Morgan fingerprint density at radius 3 is 2.77 bits per heavy atom. The number of imidazole rings is 1. The number of nitrogens with one attached hydrogen (secondary N) is 2. The molecular weight excluding hydrogens is 417 g/mol. The summed E-state index contributed by atoms with van der Waals surface area (Å²) in [5, 5.41) is 3.91. The van der Waals surface area contributed by atoms with Crippen molar-refractivity contribution in [3.05, 3.63) is 71.4 Å². The summed E-state index contributed by atoms with van der Waals surface area (Å²) in [5.74, 6) is 0.597. The quantitative estimate of drug-likeness (QED) is 0.393. The molecule has 0 bridgehead atoms. The highest BCUT2D eigenvalue weighted by molar-refractivity contribution is 6.33. The molecule has 1 atom stereocenters. The highest BCUT2D eigenvalue weighted by Crippen LogP contribution is 2.34. The highest BCUT2D eigenvalue weighted by atomic mass is 35.5. The Bertz CT molecular complexity index is 1400. The van der Waals surface area contributed by atoms with E-state index in [4.69, 9.17) is 21.6 Å². The van der Waals surface area contributed by atoms with Crippen molar-refractivity contribution in [1.29, 1.82) is 0 Å². The van der Waals surface area contributed by atoms with E-state index in [2.05, 4.69) is 25.3 Å². The minimum Gasteiger partial charge on any atom is -0.360 e. The molecule has 0 spiro atoms. The topological polar surface area (TPSA) is 92.3 Å². The summed E-state index contributed by atoms with van der Waals surface area (Å²) in [4.78, 5) is 25.4. The molecule has 2 aromatic carbocycles. The fourth-order valence-electron chi connectivity index (χ4n) is 3.56. The summed E-state index contributed by atoms with van der Waals surface area (Å²) >= 11 is 6.49. The second kappa shape index (κ2) is 7.88. The predicted octanol–water partition coefficient (Wildman–Crippen LogP) is 5.26. The first-order valence-electron chi connectivity index (χ1n) is 9.66. The fraction of sp³-hybridized carbons (Fsp3) is 0.136. The van der Waals surface area contributed by atoms with Crippen LogP contribution in [0.1, 0.15) is 24.2 Å². The molecule has 7 nitrogen and oxygen atoms in total. The van der Waals surface area contributed by atoms with Gasteiger partial charge in [-0.05, 0) is 19.1 Å². The van der Waals surface area contributed by atoms with Crippen LogP contribution in [0.25, 0.3) is 33.5 Å². The first-order chi connectivity index (χ1) is 15.2. The van der Waals surface area contributed by atoms with Crippen molar-refractivity contribution in [3.63, 3.8) is 0 Å². The minimum absolute atomic E-state index is 0.293. The van der Waals surface area contributed by atoms with Gasteiger partial charge in [-0.15, -0.1) is 0 Å². The molecule has 9 heteroatoms. The molecular formula is C22H17ClFN7. The van der Waals surface area contributed by atoms with E-state index in [1.807, 2.05) is 31.2 Å². The zero-order chi connectivity index (χ0) is 21.4. The van der Waals surface area contributed by atoms with Crippen LogP contribution in [-0.4, -0.2) is 29.9 Å². The van der Waals surface area contributed by atoms with Crippen LogP contribution in [0, 0.1) is 0 Å². The molecule has 0 aliphatic heterocycles. The minimum atomic E-state index is -0.625. The first-order valence-corrected chi connectivity index (χ1v) is 10.0. The van der Waals surface area contributed by atoms with Gasteiger partial charge in [0.05, 0.1) is 39.8 Å². The standard InChI is InChI=1S/C22H17ClFN7/c1-12(29-22-20-21(26-10-25-20)27-11-28-22)17-19(14-6-2-3-7-15(14)23)31-18-13(9-24)5-4-8-16(18)30-17/h2-8,10-12H,9H2,1H3,(H2,25,26,27,28,29). The van der Waals surface area contributed by atoms with Crippen molar-refractivity contribution in [1.82, 2.24) is 29.9 Å². The van der Waals surface area contributed by atoms with Crippen LogP contribution in [0.3, 0.4) is 0 Å². The number of aromatic amines is 1. The van der Waals surface area contributed by atoms with Gasteiger partial charge in [0, 0.05) is 11.1 Å². The molecule has 0 aliphatic rings. The van der Waals surface area contributed by atoms with E-state index in [9.17, 15) is 4.39 Å². The predicted molar refractivity (Wildman–Crippen MR) is 119 cm³/mol. The fourth-order valence-corrected chi connectivity index (χ4v) is 3.78. The van der Waals surface area contributed by atoms with Gasteiger partial charge >= 0.3 is 0 Å². The lowest BCUT2D eigenvalue weighted by atomic mass is 10.0. The van der Waals surface area contributed by atoms with E-state index in [1.165, 1.54) is 6.33 Å². The Morgan fingerprint density at radius 2 is 1.94 bits per heavy atom. The maximum absolute atomic E-state index is 13.6. The van der Waals surface area contributed by atoms with Crippen LogP contribution in [0.15, 0.2) is 55.1 Å². The summed E-state index contributed by atoms with van der Waals surface area (Å²) in [7, 11) is 0. The second-order valence-electron chi connectivity index (χ2n) is 7.05. The third-order valence-corrected chi connectivity index (χ3v) is 5.39. The SMILES string of the molecule is CC(Nc1ncnc2nc[nH]c12)c1nc2cccc(CF)c2nc1-c1ccccc1Cl. The van der Waals surface area contributed by atoms with Gasteiger partial charge in [0.1, 0.15) is 18.5 Å². The number of anilines is 1. The molecule has 31 heavy (non-hydrogen) atoms. The van der Waals surface area contributed by atoms with E-state index >= 15 is 0 Å². The Labute approximate surface area is 181 Å². The molecule has 154 valence electrons. The van der Waals surface area contributed by atoms with Gasteiger partial charge in [-0.3, -0.25) is 0 Å². The van der Waals surface area contributed by atoms with Gasteiger partial charge in [-0.25, -0.2) is 29.3 Å². The first kappa shape index (κ1) is 19.3. The number of fused-ring (bicyclic) bond motifs is 2. The maximum Gasteiger partial charge on any atom is 0.182 e. The summed E-state index contributed by atoms with van der Waals surface area (Å²) in [6.45, 7) is 1.33. The molecule has 5 rings (SSSR count). The third kappa shape index (κ3) is 3.44. The number of rotatable bonds is 5. The second-order valence-corrected chi connectivity index (χ2v) is 7.45. The van der Waals surface area contributed by atoms with E-state index < -0.39 is 6.67 Å². The van der Waals surface area contributed by atoms with Gasteiger partial charge in [0.2, 0.25) is 0 Å². The van der Waals surface area contributed by atoms with Crippen LogP contribution in [0.4, 0.5) is 10.2 Å². The van der Waals surface area contributed by atoms with Crippen LogP contribution < -0.4 is 5.32 Å². The molecule has 0 aliphatic carbocycles. The number of benzene rings is 2. The van der Waals surface area contributed by atoms with E-state index in [-0.39, 0.29) is 6.04 Å². The largest absolute Gasteiger partial charge is 0.360 e. The average Bonchev–Trinajstić information content (AvgIpc) is 3.28. The zero-order valence-electron chi connectivity index (χ0n) is 16.5. The number of nitrogens with zero attached hydrogens (tertiary/aromatic N) is 5. The Balaban J connectivity index is 1.68. The average molecular weight is 434 g/mol. The number of hydrogen-bond donors (Lipinski definition) is 2. The van der Waals surface area contributed by atoms with Gasteiger partial charge < -0.3 is 10.3 Å². The Hall–Kier alpha value is -3.65. The third-order valence-electron chi connectivity index (χ3n) is 5.06. The summed E-state index contributed by atoms with van der Waals surface area (Å²) in [5.41, 5.74) is 4.87. The van der Waals surface area contributed by atoms with Crippen molar-refractivity contribution in [2.45, 2.75) is 19.6 Å². The smallest absolute Gasteiger partial charge is 0.182 e. The molecule has 3 aromatic heterocycles. The summed E-state index contributed by atoms with van der Waals surface area (Å²) in [6.07, 6.45) is 3.02. The normalized spacial score (nSPS) is 12.4.